The number of alkyl halides is 12. The molecule has 0 radical (unpaired) electrons. The predicted octanol–water partition coefficient (Wildman–Crippen LogP) is 5.67. The van der Waals surface area contributed by atoms with Gasteiger partial charge in [-0.15, -0.1) is 0 Å². The highest BCUT2D eigenvalue weighted by atomic mass is 28.4. The lowest BCUT2D eigenvalue weighted by Gasteiger charge is -2.37. The summed E-state index contributed by atoms with van der Waals surface area (Å²) < 4.78 is 175. The fraction of sp³-hybridized carbons (Fsp3) is 0.250. The Morgan fingerprint density at radius 3 is 0.902 bits per heavy atom. The summed E-state index contributed by atoms with van der Waals surface area (Å²) in [5.41, 5.74) is 0. The van der Waals surface area contributed by atoms with Crippen LogP contribution in [0, 0.1) is 0 Å². The van der Waals surface area contributed by atoms with Gasteiger partial charge < -0.3 is 11.1 Å². The average molecular weight is 636 g/mol. The second-order valence-corrected chi connectivity index (χ2v) is 13.5. The number of halogens is 12. The van der Waals surface area contributed by atoms with Crippen LogP contribution in [0.15, 0.2) is 91.0 Å². The molecule has 0 atom stereocenters. The molecule has 222 valence electrons. The van der Waals surface area contributed by atoms with Gasteiger partial charge in [0.1, 0.15) is 0 Å². The van der Waals surface area contributed by atoms with E-state index in [2.05, 4.69) is 7.58 Å². The molecule has 0 heterocycles. The highest BCUT2D eigenvalue weighted by molar-refractivity contribution is 7.09. The van der Waals surface area contributed by atoms with Gasteiger partial charge in [-0.3, -0.25) is 0 Å². The van der Waals surface area contributed by atoms with Crippen LogP contribution in [-0.2, 0) is 11.1 Å². The fourth-order valence-electron chi connectivity index (χ4n) is 3.86. The predicted molar refractivity (Wildman–Crippen MR) is 125 cm³/mol. The van der Waals surface area contributed by atoms with Gasteiger partial charge in [0, 0.05) is 0 Å². The first-order valence-corrected chi connectivity index (χ1v) is 14.6. The molecule has 0 aromatic heterocycles. The molecule has 3 nitrogen and oxygen atoms in total. The molecule has 0 bridgehead atoms. The maximum absolute atomic E-state index is 13.4. The third kappa shape index (κ3) is 8.05. The van der Waals surface area contributed by atoms with Crippen molar-refractivity contribution in [3.63, 3.8) is 0 Å². The van der Waals surface area contributed by atoms with Crippen molar-refractivity contribution in [3.05, 3.63) is 91.0 Å². The van der Waals surface area contributed by atoms with Crippen LogP contribution in [0.25, 0.3) is 0 Å². The number of benzene rings is 3. The van der Waals surface area contributed by atoms with Crippen molar-refractivity contribution in [2.75, 3.05) is 0 Å². The highest BCUT2D eigenvalue weighted by Crippen LogP contribution is 2.39. The van der Waals surface area contributed by atoms with Crippen molar-refractivity contribution in [2.24, 2.45) is 0 Å². The monoisotopic (exact) mass is 636 g/mol. The topological polar surface area (TPSA) is 27.7 Å². The first-order chi connectivity index (χ1) is 18.9. The minimum absolute atomic E-state index is 0.0632. The van der Waals surface area contributed by atoms with Crippen LogP contribution in [0.2, 0.25) is 0 Å². The molecule has 3 rings (SSSR count). The first-order valence-electron chi connectivity index (χ1n) is 11.3. The second kappa shape index (κ2) is 12.4. The molecule has 41 heavy (non-hydrogen) atoms. The summed E-state index contributed by atoms with van der Waals surface area (Å²) in [6, 6.07) is 20.8. The van der Waals surface area contributed by atoms with Gasteiger partial charge in [-0.2, -0.15) is 52.7 Å². The van der Waals surface area contributed by atoms with E-state index in [0.717, 1.165) is 0 Å². The smallest absolute Gasteiger partial charge is 0.489 e. The lowest BCUT2D eigenvalue weighted by atomic mass is 10.3. The van der Waals surface area contributed by atoms with Gasteiger partial charge >= 0.3 is 39.9 Å². The largest absolute Gasteiger partial charge is 0.896 e. The second-order valence-electron chi connectivity index (χ2n) is 8.38. The molecule has 17 heteroatoms. The Morgan fingerprint density at radius 2 is 0.683 bits per heavy atom. The van der Waals surface area contributed by atoms with Crippen LogP contribution in [0.3, 0.4) is 0 Å². The Morgan fingerprint density at radius 1 is 0.439 bits per heavy atom. The van der Waals surface area contributed by atoms with Crippen LogP contribution < -0.4 is 15.6 Å². The summed E-state index contributed by atoms with van der Waals surface area (Å²) in [6.45, 7) is 0. The molecule has 0 fully saturated rings. The SMILES string of the molecule is FC(F)(F)C([O][Al]([O]C(C(F)(F)F)C(F)(F)F)[O][Si](c1ccccc1)(c1ccccc1)c1ccccc1)C(F)(F)F. The number of rotatable bonds is 9. The van der Waals surface area contributed by atoms with Gasteiger partial charge in [0.05, 0.1) is 0 Å². The van der Waals surface area contributed by atoms with Crippen molar-refractivity contribution in [3.8, 4) is 0 Å². The Bertz CT molecular complexity index is 1080. The number of hydrogen-bond donors (Lipinski definition) is 0. The summed E-state index contributed by atoms with van der Waals surface area (Å²) in [6.07, 6.45) is -34.8. The zero-order valence-electron chi connectivity index (χ0n) is 20.2. The van der Waals surface area contributed by atoms with E-state index in [1.807, 2.05) is 0 Å². The van der Waals surface area contributed by atoms with Gasteiger partial charge in [0.15, 0.2) is 0 Å². The quantitative estimate of drug-likeness (QED) is 0.172. The van der Waals surface area contributed by atoms with Crippen LogP contribution in [-0.4, -0.2) is 60.4 Å². The molecule has 3 aromatic carbocycles. The summed E-state index contributed by atoms with van der Waals surface area (Å²) in [4.78, 5) is 0. The van der Waals surface area contributed by atoms with Crippen LogP contribution in [0.4, 0.5) is 52.7 Å². The van der Waals surface area contributed by atoms with Gasteiger partial charge in [-0.05, 0) is 15.6 Å². The molecule has 0 saturated heterocycles. The fourth-order valence-corrected chi connectivity index (χ4v) is 11.2. The summed E-state index contributed by atoms with van der Waals surface area (Å²) in [7, 11) is -4.51. The third-order valence-electron chi connectivity index (χ3n) is 5.50. The minimum atomic E-state index is -6.29. The molecule has 0 aliphatic rings. The van der Waals surface area contributed by atoms with Crippen molar-refractivity contribution in [1.29, 1.82) is 0 Å². The zero-order chi connectivity index (χ0) is 30.7. The van der Waals surface area contributed by atoms with Crippen LogP contribution in [0.1, 0.15) is 0 Å². The Kier molecular flexibility index (Phi) is 9.93. The third-order valence-corrected chi connectivity index (χ3v) is 12.1. The normalized spacial score (nSPS) is 13.6. The van der Waals surface area contributed by atoms with E-state index in [0.29, 0.717) is 0 Å². The minimum Gasteiger partial charge on any atom is -0.489 e. The lowest BCUT2D eigenvalue weighted by Crippen LogP contribution is -2.72. The van der Waals surface area contributed by atoms with E-state index in [9.17, 15) is 52.7 Å². The van der Waals surface area contributed by atoms with Gasteiger partial charge in [-0.1, -0.05) is 91.0 Å². The highest BCUT2D eigenvalue weighted by Gasteiger charge is 2.66. The van der Waals surface area contributed by atoms with E-state index in [1.165, 1.54) is 91.0 Å². The van der Waals surface area contributed by atoms with Gasteiger partial charge in [0.2, 0.25) is 12.2 Å². The molecule has 3 aromatic rings. The van der Waals surface area contributed by atoms with E-state index >= 15 is 0 Å². The Hall–Kier alpha value is -2.55. The van der Waals surface area contributed by atoms with E-state index in [4.69, 9.17) is 3.48 Å². The molecule has 0 spiro atoms. The van der Waals surface area contributed by atoms with Crippen molar-refractivity contribution >= 4 is 39.0 Å². The zero-order valence-corrected chi connectivity index (χ0v) is 22.3. The number of hydrogen-bond acceptors (Lipinski definition) is 3. The first kappa shape index (κ1) is 33.0. The van der Waals surface area contributed by atoms with Gasteiger partial charge in [0.25, 0.3) is 8.32 Å². The molecule has 0 aliphatic heterocycles. The maximum Gasteiger partial charge on any atom is 0.896 e. The maximum atomic E-state index is 13.4. The van der Waals surface area contributed by atoms with Crippen LogP contribution in [0.5, 0.6) is 0 Å². The molecule has 0 unspecified atom stereocenters. The molecular formula is C24H17AlF12O3Si. The molecule has 0 aliphatic carbocycles. The summed E-state index contributed by atoms with van der Waals surface area (Å²) in [5, 5.41) is 0.190. The molecule has 0 N–H and O–H groups in total. The average Bonchev–Trinajstić information content (AvgIpc) is 2.87. The molecule has 0 amide bonds. The van der Waals surface area contributed by atoms with Gasteiger partial charge in [-0.25, -0.2) is 0 Å². The molecule has 0 saturated carbocycles. The van der Waals surface area contributed by atoms with Crippen molar-refractivity contribution in [1.82, 2.24) is 0 Å². The summed E-state index contributed by atoms with van der Waals surface area (Å²) >= 11 is -5.70. The Balaban J connectivity index is 2.31. The standard InChI is InChI=1S/C18H15OSi.2C3HF6O.Al/c19-20(16-10-4-1-5-11-16,17-12-6-2-7-13-17)18-14-8-3-9-15-18;2*4-2(5,6)1(10)3(7,8)9;/h1-15H;2*1H;/q3*-1;+3. The van der Waals surface area contributed by atoms with Crippen molar-refractivity contribution < 1.29 is 63.7 Å². The van der Waals surface area contributed by atoms with Crippen molar-refractivity contribution in [2.45, 2.75) is 36.9 Å². The lowest BCUT2D eigenvalue weighted by molar-refractivity contribution is -0.321. The molecular weight excluding hydrogens is 619 g/mol. The van der Waals surface area contributed by atoms with Crippen LogP contribution >= 0.6 is 0 Å². The van der Waals surface area contributed by atoms with E-state index < -0.39 is 60.4 Å². The van der Waals surface area contributed by atoms with E-state index in [-0.39, 0.29) is 15.6 Å². The summed E-state index contributed by atoms with van der Waals surface area (Å²) in [5.74, 6) is 0. The van der Waals surface area contributed by atoms with E-state index in [1.54, 1.807) is 0 Å². The Labute approximate surface area is 230 Å².